The minimum atomic E-state index is -1.19. The molecule has 4 nitrogen and oxygen atoms in total. The third-order valence-electron chi connectivity index (χ3n) is 11.9. The zero-order chi connectivity index (χ0) is 25.2. The zero-order valence-electron chi connectivity index (χ0n) is 22.3. The summed E-state index contributed by atoms with van der Waals surface area (Å²) in [6, 6.07) is 0. The highest BCUT2D eigenvalue weighted by molar-refractivity contribution is 9.09. The van der Waals surface area contributed by atoms with Crippen molar-refractivity contribution in [3.05, 3.63) is 0 Å². The molecule has 0 unspecified atom stereocenters. The number of aliphatic hydroxyl groups is 3. The second-order valence-electron chi connectivity index (χ2n) is 13.5. The van der Waals surface area contributed by atoms with Gasteiger partial charge in [-0.1, -0.05) is 63.9 Å². The van der Waals surface area contributed by atoms with E-state index in [1.165, 1.54) is 0 Å². The second-order valence-corrected chi connectivity index (χ2v) is 14.8. The van der Waals surface area contributed by atoms with Gasteiger partial charge in [-0.25, -0.2) is 0 Å². The van der Waals surface area contributed by atoms with Crippen LogP contribution >= 0.6 is 15.9 Å². The van der Waals surface area contributed by atoms with Gasteiger partial charge >= 0.3 is 0 Å². The maximum atomic E-state index is 13.5. The van der Waals surface area contributed by atoms with Crippen LogP contribution in [0, 0.1) is 52.3 Å². The molecule has 4 aliphatic carbocycles. The zero-order valence-corrected chi connectivity index (χ0v) is 23.9. The Hall–Kier alpha value is 0.0300. The van der Waals surface area contributed by atoms with Crippen molar-refractivity contribution in [2.75, 3.05) is 0 Å². The predicted octanol–water partition coefficient (Wildman–Crippen LogP) is 5.74. The summed E-state index contributed by atoms with van der Waals surface area (Å²) in [5.74, 6) is 2.09. The van der Waals surface area contributed by atoms with Crippen LogP contribution in [0.2, 0.25) is 0 Å². The van der Waals surface area contributed by atoms with Gasteiger partial charge in [0.2, 0.25) is 0 Å². The van der Waals surface area contributed by atoms with Crippen LogP contribution in [0.15, 0.2) is 0 Å². The summed E-state index contributed by atoms with van der Waals surface area (Å²) < 4.78 is 0. The number of alkyl halides is 1. The molecule has 0 aromatic carbocycles. The molecule has 3 N–H and O–H groups in total. The minimum absolute atomic E-state index is 0.0324. The average molecular weight is 542 g/mol. The highest BCUT2D eigenvalue weighted by atomic mass is 79.9. The summed E-state index contributed by atoms with van der Waals surface area (Å²) in [6.45, 7) is 13.1. The van der Waals surface area contributed by atoms with E-state index in [4.69, 9.17) is 0 Å². The monoisotopic (exact) mass is 540 g/mol. The van der Waals surface area contributed by atoms with Crippen LogP contribution in [0.3, 0.4) is 0 Å². The Morgan fingerprint density at radius 1 is 1.00 bits per heavy atom. The van der Waals surface area contributed by atoms with Crippen molar-refractivity contribution >= 4 is 21.7 Å². The number of aliphatic hydroxyl groups excluding tert-OH is 2. The average Bonchev–Trinajstić information content (AvgIpc) is 3.12. The fourth-order valence-electron chi connectivity index (χ4n) is 9.80. The first-order valence-corrected chi connectivity index (χ1v) is 15.0. The highest BCUT2D eigenvalue weighted by Crippen LogP contribution is 2.68. The Morgan fingerprint density at radius 3 is 2.29 bits per heavy atom. The first-order valence-electron chi connectivity index (χ1n) is 14.1. The van der Waals surface area contributed by atoms with Gasteiger partial charge in [-0.2, -0.15) is 0 Å². The molecule has 196 valence electrons. The molecule has 0 spiro atoms. The van der Waals surface area contributed by atoms with Crippen LogP contribution in [0.4, 0.5) is 0 Å². The Bertz CT molecular complexity index is 771. The van der Waals surface area contributed by atoms with Crippen LogP contribution < -0.4 is 0 Å². The Balaban J connectivity index is 1.57. The molecule has 5 heteroatoms. The lowest BCUT2D eigenvalue weighted by Gasteiger charge is -2.63. The third kappa shape index (κ3) is 3.89. The van der Waals surface area contributed by atoms with E-state index in [1.54, 1.807) is 0 Å². The number of carbonyl (C=O) groups excluding carboxylic acids is 1. The van der Waals surface area contributed by atoms with Gasteiger partial charge in [0.15, 0.2) is 5.78 Å². The molecule has 34 heavy (non-hydrogen) atoms. The second kappa shape index (κ2) is 9.40. The Kier molecular flexibility index (Phi) is 7.49. The maximum absolute atomic E-state index is 13.5. The molecule has 0 aromatic rings. The Morgan fingerprint density at radius 2 is 1.68 bits per heavy atom. The molecule has 4 aliphatic rings. The van der Waals surface area contributed by atoms with E-state index >= 15 is 0 Å². The minimum Gasteiger partial charge on any atom is -0.390 e. The van der Waals surface area contributed by atoms with Gasteiger partial charge in [0.05, 0.1) is 12.2 Å². The number of ketones is 1. The standard InChI is InChI=1S/C29H49BrO4/c1-7-19(16(2)3)26(33)25(32)17(4)21-8-9-22-20-14-24(31)29(34)15-18(30)10-13-28(29,6)23(20)11-12-27(21,22)5/h16-23,25-26,32-34H,7-15H2,1-6H3/t17-,18-,19-,20-,21+,22-,23-,25-,26-,27+,28+,29-/m0/s1. The number of fused-ring (bicyclic) bond motifs is 5. The molecular formula is C29H49BrO4. The van der Waals surface area contributed by atoms with Gasteiger partial charge in [0.25, 0.3) is 0 Å². The van der Waals surface area contributed by atoms with E-state index < -0.39 is 17.8 Å². The van der Waals surface area contributed by atoms with Crippen LogP contribution in [-0.4, -0.2) is 43.7 Å². The number of rotatable bonds is 6. The molecule has 0 amide bonds. The predicted molar refractivity (Wildman–Crippen MR) is 140 cm³/mol. The van der Waals surface area contributed by atoms with Crippen LogP contribution in [0.25, 0.3) is 0 Å². The SMILES string of the molecule is CC[C@@H](C(C)C)[C@H](O)[C@@H](O)[C@@H](C)[C@H]1CC[C@H]2[C@@H]3CC(=O)[C@@]4(O)C[C@@H](Br)CC[C@]4(C)[C@H]3CC[C@]12C. The van der Waals surface area contributed by atoms with Crippen molar-refractivity contribution in [3.8, 4) is 0 Å². The van der Waals surface area contributed by atoms with E-state index in [-0.39, 0.29) is 33.3 Å². The summed E-state index contributed by atoms with van der Waals surface area (Å²) in [7, 11) is 0. The van der Waals surface area contributed by atoms with Crippen LogP contribution in [0.5, 0.6) is 0 Å². The highest BCUT2D eigenvalue weighted by Gasteiger charge is 2.67. The maximum Gasteiger partial charge on any atom is 0.165 e. The molecule has 0 aliphatic heterocycles. The van der Waals surface area contributed by atoms with Crippen molar-refractivity contribution < 1.29 is 20.1 Å². The summed E-state index contributed by atoms with van der Waals surface area (Å²) in [5, 5.41) is 34.0. The van der Waals surface area contributed by atoms with Gasteiger partial charge in [0, 0.05) is 16.7 Å². The number of carbonyl (C=O) groups is 1. The quantitative estimate of drug-likeness (QED) is 0.375. The van der Waals surface area contributed by atoms with Crippen LogP contribution in [-0.2, 0) is 4.79 Å². The molecule has 0 radical (unpaired) electrons. The first kappa shape index (κ1) is 27.1. The van der Waals surface area contributed by atoms with Crippen molar-refractivity contribution in [2.45, 2.75) is 122 Å². The third-order valence-corrected chi connectivity index (χ3v) is 12.7. The normalized spacial score (nSPS) is 48.0. The molecule has 0 heterocycles. The van der Waals surface area contributed by atoms with Gasteiger partial charge in [-0.3, -0.25) is 4.79 Å². The van der Waals surface area contributed by atoms with Gasteiger partial charge in [-0.05, 0) is 91.8 Å². The summed E-state index contributed by atoms with van der Waals surface area (Å²) in [4.78, 5) is 13.7. The Labute approximate surface area is 215 Å². The molecule has 0 saturated heterocycles. The molecule has 4 saturated carbocycles. The van der Waals surface area contributed by atoms with E-state index in [1.807, 2.05) is 0 Å². The van der Waals surface area contributed by atoms with E-state index in [9.17, 15) is 20.1 Å². The van der Waals surface area contributed by atoms with Crippen molar-refractivity contribution in [3.63, 3.8) is 0 Å². The fraction of sp³-hybridized carbons (Fsp3) is 0.966. The summed E-state index contributed by atoms with van der Waals surface area (Å²) >= 11 is 3.70. The number of hydrogen-bond donors (Lipinski definition) is 3. The lowest BCUT2D eigenvalue weighted by atomic mass is 9.43. The molecule has 0 aromatic heterocycles. The van der Waals surface area contributed by atoms with Crippen molar-refractivity contribution in [1.29, 1.82) is 0 Å². The number of halogens is 1. The largest absolute Gasteiger partial charge is 0.390 e. The molecule has 0 bridgehead atoms. The van der Waals surface area contributed by atoms with E-state index in [2.05, 4.69) is 57.5 Å². The lowest BCUT2D eigenvalue weighted by Crippen LogP contribution is -2.66. The fourth-order valence-corrected chi connectivity index (χ4v) is 10.5. The molecule has 4 fully saturated rings. The molecule has 4 rings (SSSR count). The van der Waals surface area contributed by atoms with Crippen molar-refractivity contribution in [2.24, 2.45) is 52.3 Å². The number of hydrogen-bond acceptors (Lipinski definition) is 4. The summed E-state index contributed by atoms with van der Waals surface area (Å²) in [5.41, 5.74) is -1.44. The first-order chi connectivity index (χ1) is 15.8. The van der Waals surface area contributed by atoms with Crippen LogP contribution in [0.1, 0.15) is 99.3 Å². The lowest BCUT2D eigenvalue weighted by molar-refractivity contribution is -0.203. The van der Waals surface area contributed by atoms with E-state index in [0.29, 0.717) is 42.4 Å². The number of Topliss-reactive ketones (excluding diaryl/α,β-unsaturated/α-hetero) is 1. The van der Waals surface area contributed by atoms with E-state index in [0.717, 1.165) is 44.9 Å². The topological polar surface area (TPSA) is 77.8 Å². The van der Waals surface area contributed by atoms with Crippen molar-refractivity contribution in [1.82, 2.24) is 0 Å². The summed E-state index contributed by atoms with van der Waals surface area (Å²) in [6.07, 6.45) is 6.77. The van der Waals surface area contributed by atoms with Gasteiger partial charge in [-0.15, -0.1) is 0 Å². The van der Waals surface area contributed by atoms with Gasteiger partial charge < -0.3 is 15.3 Å². The smallest absolute Gasteiger partial charge is 0.165 e. The molecule has 12 atom stereocenters. The van der Waals surface area contributed by atoms with Gasteiger partial charge in [0.1, 0.15) is 5.60 Å². The molecular weight excluding hydrogens is 492 g/mol.